The number of aliphatic carboxylic acids is 1. The van der Waals surface area contributed by atoms with Crippen LogP contribution in [0, 0.1) is 5.92 Å². The first-order valence-corrected chi connectivity index (χ1v) is 11.0. The van der Waals surface area contributed by atoms with Gasteiger partial charge in [-0.2, -0.15) is 0 Å². The van der Waals surface area contributed by atoms with Crippen molar-refractivity contribution in [1.82, 2.24) is 4.90 Å². The number of hydrogen-bond donors (Lipinski definition) is 1. The van der Waals surface area contributed by atoms with Gasteiger partial charge in [-0.3, -0.25) is 9.69 Å². The summed E-state index contributed by atoms with van der Waals surface area (Å²) in [5.41, 5.74) is 2.53. The molecule has 3 nitrogen and oxygen atoms in total. The van der Waals surface area contributed by atoms with Gasteiger partial charge in [-0.15, -0.1) is 11.8 Å². The molecule has 1 unspecified atom stereocenters. The Morgan fingerprint density at radius 1 is 0.964 bits per heavy atom. The second kappa shape index (κ2) is 8.38. The molecule has 28 heavy (non-hydrogen) atoms. The molecule has 1 heterocycles. The van der Waals surface area contributed by atoms with Gasteiger partial charge in [0, 0.05) is 4.90 Å². The molecule has 0 aliphatic carbocycles. The van der Waals surface area contributed by atoms with Crippen molar-refractivity contribution in [3.63, 3.8) is 0 Å². The lowest BCUT2D eigenvalue weighted by Crippen LogP contribution is -2.39. The molecule has 0 bridgehead atoms. The summed E-state index contributed by atoms with van der Waals surface area (Å²) in [4.78, 5) is 15.1. The minimum Gasteiger partial charge on any atom is -0.481 e. The lowest BCUT2D eigenvalue weighted by Gasteiger charge is -2.37. The first-order valence-electron chi connectivity index (χ1n) is 9.75. The Morgan fingerprint density at radius 3 is 2.25 bits per heavy atom. The number of fused-ring (bicyclic) bond motifs is 1. The minimum atomic E-state index is -0.661. The van der Waals surface area contributed by atoms with Crippen molar-refractivity contribution in [3.8, 4) is 0 Å². The largest absolute Gasteiger partial charge is 0.481 e. The molecule has 3 aromatic rings. The van der Waals surface area contributed by atoms with E-state index >= 15 is 0 Å². The molecule has 0 radical (unpaired) electrons. The zero-order valence-electron chi connectivity index (χ0n) is 16.0. The number of hydrogen-bond acceptors (Lipinski definition) is 3. The summed E-state index contributed by atoms with van der Waals surface area (Å²) in [7, 11) is 0. The van der Waals surface area contributed by atoms with Crippen LogP contribution in [0.2, 0.25) is 0 Å². The predicted molar refractivity (Wildman–Crippen MR) is 116 cm³/mol. The topological polar surface area (TPSA) is 40.5 Å². The van der Waals surface area contributed by atoms with E-state index in [4.69, 9.17) is 0 Å². The van der Waals surface area contributed by atoms with E-state index in [0.29, 0.717) is 12.8 Å². The van der Waals surface area contributed by atoms with E-state index in [1.165, 1.54) is 26.8 Å². The van der Waals surface area contributed by atoms with Gasteiger partial charge in [0.1, 0.15) is 0 Å². The maximum atomic E-state index is 11.4. The van der Waals surface area contributed by atoms with Gasteiger partial charge in [0.25, 0.3) is 0 Å². The molecular weight excluding hydrogens is 366 g/mol. The summed E-state index contributed by atoms with van der Waals surface area (Å²) in [6.45, 7) is 1.61. The lowest BCUT2D eigenvalue weighted by molar-refractivity contribution is -0.143. The van der Waals surface area contributed by atoms with E-state index in [9.17, 15) is 9.90 Å². The van der Waals surface area contributed by atoms with Crippen molar-refractivity contribution >= 4 is 28.5 Å². The fourth-order valence-corrected chi connectivity index (χ4v) is 4.59. The third-order valence-electron chi connectivity index (χ3n) is 5.76. The molecule has 4 rings (SSSR count). The summed E-state index contributed by atoms with van der Waals surface area (Å²) >= 11 is 1.75. The first kappa shape index (κ1) is 19.0. The van der Waals surface area contributed by atoms with Crippen LogP contribution < -0.4 is 0 Å². The quantitative estimate of drug-likeness (QED) is 0.587. The highest BCUT2D eigenvalue weighted by Gasteiger charge is 2.30. The van der Waals surface area contributed by atoms with E-state index in [1.807, 2.05) is 0 Å². The molecule has 144 valence electrons. The zero-order valence-corrected chi connectivity index (χ0v) is 16.9. The molecule has 1 N–H and O–H groups in total. The number of carboxylic acids is 1. The van der Waals surface area contributed by atoms with Crippen molar-refractivity contribution < 1.29 is 9.90 Å². The number of carboxylic acid groups (broad SMARTS) is 1. The highest BCUT2D eigenvalue weighted by atomic mass is 32.2. The normalized spacial score (nSPS) is 16.9. The van der Waals surface area contributed by atoms with Crippen molar-refractivity contribution in [2.45, 2.75) is 23.8 Å². The fourth-order valence-electron chi connectivity index (χ4n) is 4.18. The Morgan fingerprint density at radius 2 is 1.61 bits per heavy atom. The Kier molecular flexibility index (Phi) is 5.69. The van der Waals surface area contributed by atoms with Crippen LogP contribution in [0.15, 0.2) is 71.6 Å². The van der Waals surface area contributed by atoms with Gasteiger partial charge in [0.05, 0.1) is 12.0 Å². The highest BCUT2D eigenvalue weighted by molar-refractivity contribution is 7.98. The SMILES string of the molecule is CSc1ccc(C(c2ccc3ccccc3c2)N2CCC(C(=O)O)CC2)cc1. The third kappa shape index (κ3) is 3.94. The Hall–Kier alpha value is -2.30. The van der Waals surface area contributed by atoms with Crippen LogP contribution in [0.1, 0.15) is 30.0 Å². The molecule has 1 atom stereocenters. The van der Waals surface area contributed by atoms with Gasteiger partial charge in [0.2, 0.25) is 0 Å². The molecular formula is C24H25NO2S. The monoisotopic (exact) mass is 391 g/mol. The van der Waals surface area contributed by atoms with Crippen molar-refractivity contribution in [3.05, 3.63) is 77.9 Å². The van der Waals surface area contributed by atoms with Crippen LogP contribution in [0.5, 0.6) is 0 Å². The summed E-state index contributed by atoms with van der Waals surface area (Å²) in [6.07, 6.45) is 3.51. The number of likely N-dealkylation sites (tertiary alicyclic amines) is 1. The maximum absolute atomic E-state index is 11.4. The summed E-state index contributed by atoms with van der Waals surface area (Å²) in [6, 6.07) is 24.1. The molecule has 1 fully saturated rings. The van der Waals surface area contributed by atoms with Crippen molar-refractivity contribution in [2.75, 3.05) is 19.3 Å². The smallest absolute Gasteiger partial charge is 0.306 e. The fraction of sp³-hybridized carbons (Fsp3) is 0.292. The minimum absolute atomic E-state index is 0.148. The van der Waals surface area contributed by atoms with Crippen LogP contribution in [0.25, 0.3) is 10.8 Å². The first-order chi connectivity index (χ1) is 13.7. The number of nitrogens with zero attached hydrogens (tertiary/aromatic N) is 1. The second-order valence-electron chi connectivity index (χ2n) is 7.43. The van der Waals surface area contributed by atoms with Crippen LogP contribution in [0.3, 0.4) is 0 Å². The highest BCUT2D eigenvalue weighted by Crippen LogP contribution is 2.34. The van der Waals surface area contributed by atoms with Crippen LogP contribution in [-0.4, -0.2) is 35.3 Å². The summed E-state index contributed by atoms with van der Waals surface area (Å²) < 4.78 is 0. The van der Waals surface area contributed by atoms with Crippen LogP contribution in [-0.2, 0) is 4.79 Å². The van der Waals surface area contributed by atoms with Crippen LogP contribution in [0.4, 0.5) is 0 Å². The van der Waals surface area contributed by atoms with Gasteiger partial charge in [-0.1, -0.05) is 48.5 Å². The summed E-state index contributed by atoms with van der Waals surface area (Å²) in [5, 5.41) is 11.8. The van der Waals surface area contributed by atoms with Gasteiger partial charge in [-0.05, 0) is 72.3 Å². The number of rotatable bonds is 5. The van der Waals surface area contributed by atoms with Gasteiger partial charge in [-0.25, -0.2) is 0 Å². The zero-order chi connectivity index (χ0) is 19.5. The Balaban J connectivity index is 1.70. The third-order valence-corrected chi connectivity index (χ3v) is 6.51. The van der Waals surface area contributed by atoms with Crippen molar-refractivity contribution in [1.29, 1.82) is 0 Å². The molecule has 3 aromatic carbocycles. The second-order valence-corrected chi connectivity index (χ2v) is 8.31. The maximum Gasteiger partial charge on any atom is 0.306 e. The van der Waals surface area contributed by atoms with E-state index in [-0.39, 0.29) is 12.0 Å². The van der Waals surface area contributed by atoms with E-state index < -0.39 is 5.97 Å². The van der Waals surface area contributed by atoms with Crippen LogP contribution >= 0.6 is 11.8 Å². The number of thioether (sulfide) groups is 1. The molecule has 1 aliphatic rings. The Labute approximate surface area is 170 Å². The Bertz CT molecular complexity index is 962. The van der Waals surface area contributed by atoms with E-state index in [2.05, 4.69) is 77.9 Å². The van der Waals surface area contributed by atoms with Crippen molar-refractivity contribution in [2.24, 2.45) is 5.92 Å². The molecule has 0 aromatic heterocycles. The van der Waals surface area contributed by atoms with E-state index in [1.54, 1.807) is 11.8 Å². The summed E-state index contributed by atoms with van der Waals surface area (Å²) in [5.74, 6) is -0.876. The van der Waals surface area contributed by atoms with Gasteiger partial charge in [0.15, 0.2) is 0 Å². The predicted octanol–water partition coefficient (Wildman–Crippen LogP) is 5.45. The average Bonchev–Trinajstić information content (AvgIpc) is 2.75. The lowest BCUT2D eigenvalue weighted by atomic mass is 9.90. The molecule has 0 amide bonds. The molecule has 0 spiro atoms. The molecule has 1 aliphatic heterocycles. The molecule has 1 saturated heterocycles. The number of benzene rings is 3. The number of piperidine rings is 1. The molecule has 0 saturated carbocycles. The van der Waals surface area contributed by atoms with Gasteiger partial charge >= 0.3 is 5.97 Å². The number of carbonyl (C=O) groups is 1. The van der Waals surface area contributed by atoms with Gasteiger partial charge < -0.3 is 5.11 Å². The standard InChI is InChI=1S/C24H25NO2S/c1-28-22-10-8-18(9-11-22)23(25-14-12-19(13-15-25)24(26)27)21-7-6-17-4-2-3-5-20(17)16-21/h2-11,16,19,23H,12-15H2,1H3,(H,26,27). The van der Waals surface area contributed by atoms with E-state index in [0.717, 1.165) is 13.1 Å². The molecule has 4 heteroatoms. The average molecular weight is 392 g/mol.